The molecule has 1 aromatic carbocycles. The van der Waals surface area contributed by atoms with E-state index in [1.165, 1.54) is 0 Å². The molecule has 3 heteroatoms. The number of benzene rings is 1. The predicted octanol–water partition coefficient (Wildman–Crippen LogP) is 2.97. The van der Waals surface area contributed by atoms with Crippen LogP contribution in [0.2, 0.25) is 0 Å². The minimum Gasteiger partial charge on any atom is -0.497 e. The molecular formula is C14H20O3. The van der Waals surface area contributed by atoms with Crippen LogP contribution in [0, 0.1) is 0 Å². The molecule has 0 saturated heterocycles. The third kappa shape index (κ3) is 4.89. The van der Waals surface area contributed by atoms with Gasteiger partial charge in [0.2, 0.25) is 0 Å². The molecule has 0 saturated carbocycles. The van der Waals surface area contributed by atoms with E-state index in [1.54, 1.807) is 7.11 Å². The highest BCUT2D eigenvalue weighted by Crippen LogP contribution is 2.13. The lowest BCUT2D eigenvalue weighted by Crippen LogP contribution is -2.14. The Labute approximate surface area is 103 Å². The third-order valence-electron chi connectivity index (χ3n) is 2.68. The standard InChI is InChI=1S/C14H20O3/c1-4-11(2)17-14(15)10-7-12-5-8-13(16-3)9-6-12/h5-6,8-9,11H,4,7,10H2,1-3H3. The molecule has 0 heterocycles. The average Bonchev–Trinajstić information content (AvgIpc) is 2.36. The molecule has 0 amide bonds. The largest absolute Gasteiger partial charge is 0.497 e. The summed E-state index contributed by atoms with van der Waals surface area (Å²) in [6, 6.07) is 7.73. The molecule has 0 aliphatic heterocycles. The highest BCUT2D eigenvalue weighted by atomic mass is 16.5. The average molecular weight is 236 g/mol. The van der Waals surface area contributed by atoms with Gasteiger partial charge in [0.25, 0.3) is 0 Å². The van der Waals surface area contributed by atoms with E-state index < -0.39 is 0 Å². The van der Waals surface area contributed by atoms with Gasteiger partial charge in [-0.25, -0.2) is 0 Å². The second kappa shape index (κ2) is 6.94. The molecular weight excluding hydrogens is 216 g/mol. The number of ether oxygens (including phenoxy) is 2. The molecule has 1 unspecified atom stereocenters. The Morgan fingerprint density at radius 2 is 1.94 bits per heavy atom. The molecule has 1 rings (SSSR count). The van der Waals surface area contributed by atoms with Crippen LogP contribution in [0.5, 0.6) is 5.75 Å². The van der Waals surface area contributed by atoms with Crippen molar-refractivity contribution in [3.63, 3.8) is 0 Å². The number of aryl methyl sites for hydroxylation is 1. The van der Waals surface area contributed by atoms with Gasteiger partial charge in [-0.15, -0.1) is 0 Å². The van der Waals surface area contributed by atoms with Crippen molar-refractivity contribution in [3.8, 4) is 5.75 Å². The van der Waals surface area contributed by atoms with Gasteiger partial charge in [-0.3, -0.25) is 4.79 Å². The molecule has 3 nitrogen and oxygen atoms in total. The molecule has 0 aliphatic rings. The van der Waals surface area contributed by atoms with Crippen molar-refractivity contribution in [1.29, 1.82) is 0 Å². The fourth-order valence-corrected chi connectivity index (χ4v) is 1.41. The number of hydrogen-bond acceptors (Lipinski definition) is 3. The van der Waals surface area contributed by atoms with Crippen molar-refractivity contribution < 1.29 is 14.3 Å². The van der Waals surface area contributed by atoms with E-state index in [0.29, 0.717) is 12.8 Å². The minimum absolute atomic E-state index is 0.0124. The van der Waals surface area contributed by atoms with Gasteiger partial charge in [0.1, 0.15) is 5.75 Å². The van der Waals surface area contributed by atoms with Crippen molar-refractivity contribution in [2.75, 3.05) is 7.11 Å². The van der Waals surface area contributed by atoms with Crippen LogP contribution in [-0.4, -0.2) is 19.2 Å². The van der Waals surface area contributed by atoms with Crippen LogP contribution in [-0.2, 0) is 16.0 Å². The van der Waals surface area contributed by atoms with Crippen molar-refractivity contribution in [2.24, 2.45) is 0 Å². The number of methoxy groups -OCH3 is 1. The molecule has 94 valence electrons. The predicted molar refractivity (Wildman–Crippen MR) is 67.2 cm³/mol. The first-order valence-corrected chi connectivity index (χ1v) is 5.98. The summed E-state index contributed by atoms with van der Waals surface area (Å²) >= 11 is 0. The number of carbonyl (C=O) groups is 1. The number of carbonyl (C=O) groups excluding carboxylic acids is 1. The maximum atomic E-state index is 11.5. The van der Waals surface area contributed by atoms with Crippen LogP contribution < -0.4 is 4.74 Å². The van der Waals surface area contributed by atoms with Gasteiger partial charge in [0, 0.05) is 6.42 Å². The van der Waals surface area contributed by atoms with Crippen molar-refractivity contribution >= 4 is 5.97 Å². The van der Waals surface area contributed by atoms with Crippen LogP contribution in [0.3, 0.4) is 0 Å². The summed E-state index contributed by atoms with van der Waals surface area (Å²) in [5, 5.41) is 0. The summed E-state index contributed by atoms with van der Waals surface area (Å²) in [5.74, 6) is 0.700. The quantitative estimate of drug-likeness (QED) is 0.712. The summed E-state index contributed by atoms with van der Waals surface area (Å²) in [4.78, 5) is 11.5. The Balaban J connectivity index is 2.36. The van der Waals surface area contributed by atoms with E-state index in [1.807, 2.05) is 38.1 Å². The fourth-order valence-electron chi connectivity index (χ4n) is 1.41. The van der Waals surface area contributed by atoms with Crippen LogP contribution in [0.4, 0.5) is 0 Å². The highest BCUT2D eigenvalue weighted by molar-refractivity contribution is 5.69. The monoisotopic (exact) mass is 236 g/mol. The van der Waals surface area contributed by atoms with Crippen LogP contribution >= 0.6 is 0 Å². The van der Waals surface area contributed by atoms with E-state index in [0.717, 1.165) is 17.7 Å². The molecule has 1 atom stereocenters. The summed E-state index contributed by atoms with van der Waals surface area (Å²) < 4.78 is 10.3. The van der Waals surface area contributed by atoms with Crippen LogP contribution in [0.25, 0.3) is 0 Å². The van der Waals surface area contributed by atoms with Gasteiger partial charge >= 0.3 is 5.97 Å². The number of esters is 1. The van der Waals surface area contributed by atoms with Gasteiger partial charge in [-0.1, -0.05) is 19.1 Å². The molecule has 0 bridgehead atoms. The molecule has 17 heavy (non-hydrogen) atoms. The molecule has 0 aliphatic carbocycles. The van der Waals surface area contributed by atoms with Crippen molar-refractivity contribution in [3.05, 3.63) is 29.8 Å². The normalized spacial score (nSPS) is 11.9. The van der Waals surface area contributed by atoms with Gasteiger partial charge < -0.3 is 9.47 Å². The Kier molecular flexibility index (Phi) is 5.53. The van der Waals surface area contributed by atoms with Crippen LogP contribution in [0.15, 0.2) is 24.3 Å². The first-order valence-electron chi connectivity index (χ1n) is 5.98. The fraction of sp³-hybridized carbons (Fsp3) is 0.500. The highest BCUT2D eigenvalue weighted by Gasteiger charge is 2.07. The van der Waals surface area contributed by atoms with Gasteiger partial charge in [0.15, 0.2) is 0 Å². The second-order valence-electron chi connectivity index (χ2n) is 4.06. The number of hydrogen-bond donors (Lipinski definition) is 0. The Morgan fingerprint density at radius 3 is 2.47 bits per heavy atom. The first kappa shape index (κ1) is 13.6. The van der Waals surface area contributed by atoms with Gasteiger partial charge in [-0.2, -0.15) is 0 Å². The zero-order chi connectivity index (χ0) is 12.7. The minimum atomic E-state index is -0.129. The summed E-state index contributed by atoms with van der Waals surface area (Å²) in [6.45, 7) is 3.91. The molecule has 1 aromatic rings. The molecule has 0 spiro atoms. The van der Waals surface area contributed by atoms with E-state index in [9.17, 15) is 4.79 Å². The first-order chi connectivity index (χ1) is 8.15. The lowest BCUT2D eigenvalue weighted by molar-refractivity contribution is -0.148. The summed E-state index contributed by atoms with van der Waals surface area (Å²) in [7, 11) is 1.64. The third-order valence-corrected chi connectivity index (χ3v) is 2.68. The molecule has 0 aromatic heterocycles. The lowest BCUT2D eigenvalue weighted by Gasteiger charge is -2.10. The van der Waals surface area contributed by atoms with E-state index in [2.05, 4.69) is 0 Å². The zero-order valence-electron chi connectivity index (χ0n) is 10.7. The second-order valence-corrected chi connectivity index (χ2v) is 4.06. The van der Waals surface area contributed by atoms with E-state index >= 15 is 0 Å². The van der Waals surface area contributed by atoms with Crippen molar-refractivity contribution in [1.82, 2.24) is 0 Å². The summed E-state index contributed by atoms with van der Waals surface area (Å²) in [6.07, 6.45) is 2.00. The lowest BCUT2D eigenvalue weighted by atomic mass is 10.1. The Morgan fingerprint density at radius 1 is 1.29 bits per heavy atom. The smallest absolute Gasteiger partial charge is 0.306 e. The molecule has 0 radical (unpaired) electrons. The van der Waals surface area contributed by atoms with Gasteiger partial charge in [-0.05, 0) is 37.5 Å². The topological polar surface area (TPSA) is 35.5 Å². The summed E-state index contributed by atoms with van der Waals surface area (Å²) in [5.41, 5.74) is 1.12. The maximum absolute atomic E-state index is 11.5. The Hall–Kier alpha value is -1.51. The van der Waals surface area contributed by atoms with Crippen molar-refractivity contribution in [2.45, 2.75) is 39.2 Å². The van der Waals surface area contributed by atoms with E-state index in [-0.39, 0.29) is 12.1 Å². The Bertz CT molecular complexity index is 343. The molecule has 0 fully saturated rings. The zero-order valence-corrected chi connectivity index (χ0v) is 10.7. The maximum Gasteiger partial charge on any atom is 0.306 e. The van der Waals surface area contributed by atoms with E-state index in [4.69, 9.17) is 9.47 Å². The van der Waals surface area contributed by atoms with Gasteiger partial charge in [0.05, 0.1) is 13.2 Å². The number of rotatable bonds is 6. The SMILES string of the molecule is CCC(C)OC(=O)CCc1ccc(OC)cc1. The molecule has 0 N–H and O–H groups in total. The van der Waals surface area contributed by atoms with Crippen LogP contribution in [0.1, 0.15) is 32.3 Å².